The van der Waals surface area contributed by atoms with Gasteiger partial charge in [0.1, 0.15) is 6.07 Å². The second-order valence-corrected chi connectivity index (χ2v) is 4.87. The fourth-order valence-electron chi connectivity index (χ4n) is 1.63. The van der Waals surface area contributed by atoms with Crippen molar-refractivity contribution in [2.75, 3.05) is 11.4 Å². The summed E-state index contributed by atoms with van der Waals surface area (Å²) in [7, 11) is 0. The van der Waals surface area contributed by atoms with Gasteiger partial charge in [-0.1, -0.05) is 0 Å². The molecule has 0 aromatic carbocycles. The molecule has 1 aliphatic heterocycles. The van der Waals surface area contributed by atoms with Gasteiger partial charge in [-0.15, -0.1) is 0 Å². The van der Waals surface area contributed by atoms with Crippen molar-refractivity contribution in [1.29, 1.82) is 5.26 Å². The number of amides is 1. The lowest BCUT2D eigenvalue weighted by atomic mass is 10.1. The smallest absolute Gasteiger partial charge is 0.416 e. The molecular formula is C11H8IN3O3. The van der Waals surface area contributed by atoms with Gasteiger partial charge in [0.2, 0.25) is 0 Å². The number of aldehydes is 1. The van der Waals surface area contributed by atoms with E-state index in [0.29, 0.717) is 11.8 Å². The highest BCUT2D eigenvalue weighted by atomic mass is 127. The zero-order chi connectivity index (χ0) is 13.3. The largest absolute Gasteiger partial charge is 0.436 e. The Morgan fingerprint density at radius 1 is 1.72 bits per heavy atom. The summed E-state index contributed by atoms with van der Waals surface area (Å²) in [6.45, 7) is 1.87. The molecule has 1 fully saturated rings. The average molecular weight is 357 g/mol. The van der Waals surface area contributed by atoms with E-state index in [1.54, 1.807) is 13.1 Å². The Morgan fingerprint density at radius 3 is 3.00 bits per heavy atom. The van der Waals surface area contributed by atoms with Crippen LogP contribution in [0.1, 0.15) is 11.1 Å². The Kier molecular flexibility index (Phi) is 3.47. The molecule has 1 unspecified atom stereocenters. The average Bonchev–Trinajstić information content (AvgIpc) is 2.74. The van der Waals surface area contributed by atoms with Gasteiger partial charge in [-0.3, -0.25) is 9.69 Å². The van der Waals surface area contributed by atoms with Crippen LogP contribution in [0.5, 0.6) is 0 Å². The number of hydrogen-bond donors (Lipinski definition) is 0. The number of anilines is 1. The third-order valence-electron chi connectivity index (χ3n) is 2.61. The Balaban J connectivity index is 2.47. The first kappa shape index (κ1) is 12.8. The second-order valence-electron chi connectivity index (χ2n) is 3.71. The van der Waals surface area contributed by atoms with Crippen molar-refractivity contribution in [2.45, 2.75) is 13.0 Å². The summed E-state index contributed by atoms with van der Waals surface area (Å²) in [5, 5.41) is 9.15. The lowest BCUT2D eigenvalue weighted by Gasteiger charge is -2.14. The summed E-state index contributed by atoms with van der Waals surface area (Å²) < 4.78 is 5.65. The highest BCUT2D eigenvalue weighted by molar-refractivity contribution is 14.1. The first-order chi connectivity index (χ1) is 8.58. The molecule has 1 atom stereocenters. The molecule has 0 N–H and O–H groups in total. The minimum atomic E-state index is -0.801. The summed E-state index contributed by atoms with van der Waals surface area (Å²) >= 11 is 2.07. The molecule has 7 heteroatoms. The van der Waals surface area contributed by atoms with Crippen molar-refractivity contribution in [3.8, 4) is 6.07 Å². The number of ether oxygens (including phenoxy) is 1. The van der Waals surface area contributed by atoms with Crippen molar-refractivity contribution >= 4 is 40.8 Å². The van der Waals surface area contributed by atoms with Crippen LogP contribution in [0.3, 0.4) is 0 Å². The summed E-state index contributed by atoms with van der Waals surface area (Å²) in [6, 6.07) is 2.03. The van der Waals surface area contributed by atoms with E-state index in [1.165, 1.54) is 4.90 Å². The molecule has 2 heterocycles. The molecule has 1 amide bonds. The summed E-state index contributed by atoms with van der Waals surface area (Å²) in [5.41, 5.74) is 1.08. The van der Waals surface area contributed by atoms with Crippen LogP contribution in [0.15, 0.2) is 6.20 Å². The summed E-state index contributed by atoms with van der Waals surface area (Å²) in [5.74, 6) is 0.241. The van der Waals surface area contributed by atoms with E-state index in [4.69, 9.17) is 10.00 Å². The maximum absolute atomic E-state index is 11.6. The van der Waals surface area contributed by atoms with E-state index in [0.717, 1.165) is 9.13 Å². The zero-order valence-corrected chi connectivity index (χ0v) is 11.5. The van der Waals surface area contributed by atoms with E-state index in [2.05, 4.69) is 27.6 Å². The van der Waals surface area contributed by atoms with Crippen LogP contribution in [-0.2, 0) is 9.53 Å². The van der Waals surface area contributed by atoms with Gasteiger partial charge in [-0.25, -0.2) is 9.78 Å². The standard InChI is InChI=1S/C11H8IN3O3/c1-6-8(2-13)10(14-3-9(6)12)15-4-7(5-16)18-11(15)17/h3,5,7H,4H2,1H3. The predicted molar refractivity (Wildman–Crippen MR) is 70.1 cm³/mol. The van der Waals surface area contributed by atoms with Crippen LogP contribution < -0.4 is 4.90 Å². The minimum absolute atomic E-state index is 0.0873. The third-order valence-corrected chi connectivity index (χ3v) is 3.70. The van der Waals surface area contributed by atoms with Crippen LogP contribution in [0.4, 0.5) is 10.6 Å². The van der Waals surface area contributed by atoms with Crippen molar-refractivity contribution in [3.63, 3.8) is 0 Å². The molecule has 1 saturated heterocycles. The molecule has 2 rings (SSSR count). The molecule has 0 saturated carbocycles. The van der Waals surface area contributed by atoms with Crippen molar-refractivity contribution in [3.05, 3.63) is 20.9 Å². The number of nitriles is 1. The second kappa shape index (κ2) is 4.89. The van der Waals surface area contributed by atoms with Crippen molar-refractivity contribution in [2.24, 2.45) is 0 Å². The van der Waals surface area contributed by atoms with Gasteiger partial charge in [0.15, 0.2) is 18.2 Å². The Hall–Kier alpha value is -1.69. The SMILES string of the molecule is Cc1c(I)cnc(N2CC(C=O)OC2=O)c1C#N. The minimum Gasteiger partial charge on any atom is -0.436 e. The molecule has 0 aliphatic carbocycles. The first-order valence-electron chi connectivity index (χ1n) is 5.07. The van der Waals surface area contributed by atoms with Gasteiger partial charge in [-0.05, 0) is 35.1 Å². The fraction of sp³-hybridized carbons (Fsp3) is 0.273. The number of hydrogen-bond acceptors (Lipinski definition) is 5. The van der Waals surface area contributed by atoms with Crippen molar-refractivity contribution in [1.82, 2.24) is 4.98 Å². The van der Waals surface area contributed by atoms with Crippen LogP contribution in [0.2, 0.25) is 0 Å². The molecule has 0 bridgehead atoms. The fourth-order valence-corrected chi connectivity index (χ4v) is 2.04. The molecule has 0 spiro atoms. The number of aromatic nitrogens is 1. The lowest BCUT2D eigenvalue weighted by molar-refractivity contribution is -0.113. The van der Waals surface area contributed by atoms with Gasteiger partial charge in [-0.2, -0.15) is 5.26 Å². The number of halogens is 1. The van der Waals surface area contributed by atoms with Crippen LogP contribution in [0.25, 0.3) is 0 Å². The zero-order valence-electron chi connectivity index (χ0n) is 9.38. The quantitative estimate of drug-likeness (QED) is 0.590. The number of nitrogens with zero attached hydrogens (tertiary/aromatic N) is 3. The van der Waals surface area contributed by atoms with E-state index in [1.807, 2.05) is 6.07 Å². The van der Waals surface area contributed by atoms with Gasteiger partial charge in [0, 0.05) is 9.77 Å². The highest BCUT2D eigenvalue weighted by Gasteiger charge is 2.34. The van der Waals surface area contributed by atoms with E-state index in [9.17, 15) is 9.59 Å². The lowest BCUT2D eigenvalue weighted by Crippen LogP contribution is -2.27. The number of carbonyl (C=O) groups is 2. The molecular weight excluding hydrogens is 349 g/mol. The van der Waals surface area contributed by atoms with Gasteiger partial charge < -0.3 is 4.74 Å². The Morgan fingerprint density at radius 2 is 2.44 bits per heavy atom. The Labute approximate surface area is 117 Å². The molecule has 6 nitrogen and oxygen atoms in total. The van der Waals surface area contributed by atoms with Gasteiger partial charge in [0.05, 0.1) is 12.1 Å². The Bertz CT molecular complexity index is 567. The highest BCUT2D eigenvalue weighted by Crippen LogP contribution is 2.27. The van der Waals surface area contributed by atoms with E-state index in [-0.39, 0.29) is 12.4 Å². The van der Waals surface area contributed by atoms with E-state index < -0.39 is 12.2 Å². The van der Waals surface area contributed by atoms with Crippen LogP contribution in [-0.4, -0.2) is 30.0 Å². The number of cyclic esters (lactones) is 1. The normalized spacial score (nSPS) is 18.4. The van der Waals surface area contributed by atoms with Crippen LogP contribution in [0, 0.1) is 21.8 Å². The molecule has 18 heavy (non-hydrogen) atoms. The van der Waals surface area contributed by atoms with Crippen molar-refractivity contribution < 1.29 is 14.3 Å². The molecule has 92 valence electrons. The number of carbonyl (C=O) groups excluding carboxylic acids is 2. The number of rotatable bonds is 2. The summed E-state index contributed by atoms with van der Waals surface area (Å²) in [4.78, 5) is 27.5. The number of pyridine rings is 1. The molecule has 1 aliphatic rings. The van der Waals surface area contributed by atoms with Gasteiger partial charge in [0.25, 0.3) is 0 Å². The molecule has 0 radical (unpaired) electrons. The summed E-state index contributed by atoms with van der Waals surface area (Å²) in [6.07, 6.45) is 0.680. The van der Waals surface area contributed by atoms with Crippen LogP contribution >= 0.6 is 22.6 Å². The topological polar surface area (TPSA) is 83.3 Å². The van der Waals surface area contributed by atoms with E-state index >= 15 is 0 Å². The van der Waals surface area contributed by atoms with Gasteiger partial charge >= 0.3 is 6.09 Å². The molecule has 1 aromatic heterocycles. The monoisotopic (exact) mass is 357 g/mol. The predicted octanol–water partition coefficient (Wildman–Crippen LogP) is 1.39. The molecule has 1 aromatic rings. The maximum atomic E-state index is 11.6. The third kappa shape index (κ3) is 2.03. The first-order valence-corrected chi connectivity index (χ1v) is 6.15. The maximum Gasteiger partial charge on any atom is 0.416 e.